The van der Waals surface area contributed by atoms with Gasteiger partial charge < -0.3 is 0 Å². The highest BCUT2D eigenvalue weighted by Crippen LogP contribution is 2.31. The van der Waals surface area contributed by atoms with Gasteiger partial charge >= 0.3 is 5.69 Å². The maximum atomic E-state index is 3.83. The van der Waals surface area contributed by atoms with Gasteiger partial charge in [-0.2, -0.15) is 0 Å². The molecular formula is C32H41N3+2. The third kappa shape index (κ3) is 4.82. The number of nitrogens with one attached hydrogen (secondary N) is 1. The molecule has 1 heterocycles. The topological polar surface area (TPSA) is 23.5 Å². The largest absolute Gasteiger partial charge is 0.314 e. The van der Waals surface area contributed by atoms with Crippen molar-refractivity contribution in [3.8, 4) is 22.6 Å². The van der Waals surface area contributed by atoms with Gasteiger partial charge in [0.25, 0.3) is 6.20 Å². The van der Waals surface area contributed by atoms with Gasteiger partial charge in [0, 0.05) is 27.5 Å². The summed E-state index contributed by atoms with van der Waals surface area (Å²) in [6.07, 6.45) is 2.28. The Morgan fingerprint density at radius 1 is 0.514 bits per heavy atom. The minimum atomic E-state index is 0.408. The zero-order valence-electron chi connectivity index (χ0n) is 22.6. The van der Waals surface area contributed by atoms with Gasteiger partial charge in [0.15, 0.2) is 0 Å². The van der Waals surface area contributed by atoms with Gasteiger partial charge in [0.1, 0.15) is 0 Å². The fourth-order valence-corrected chi connectivity index (χ4v) is 5.03. The zero-order chi connectivity index (χ0) is 25.3. The number of benzene rings is 3. The van der Waals surface area contributed by atoms with E-state index in [-0.39, 0.29) is 0 Å². The molecule has 0 fully saturated rings. The molecule has 35 heavy (non-hydrogen) atoms. The van der Waals surface area contributed by atoms with Crippen molar-refractivity contribution < 1.29 is 9.36 Å². The van der Waals surface area contributed by atoms with E-state index in [1.807, 2.05) is 0 Å². The molecule has 0 bridgehead atoms. The van der Waals surface area contributed by atoms with Crippen molar-refractivity contribution in [3.63, 3.8) is 0 Å². The predicted molar refractivity (Wildman–Crippen MR) is 146 cm³/mol. The van der Waals surface area contributed by atoms with Gasteiger partial charge in [-0.15, -0.1) is 0 Å². The van der Waals surface area contributed by atoms with Gasteiger partial charge in [-0.05, 0) is 45.2 Å². The van der Waals surface area contributed by atoms with Crippen LogP contribution in [0.15, 0.2) is 72.9 Å². The summed E-state index contributed by atoms with van der Waals surface area (Å²) in [5.41, 5.74) is 10.3. The lowest BCUT2D eigenvalue weighted by atomic mass is 9.92. The Hall–Kier alpha value is -3.20. The van der Waals surface area contributed by atoms with Crippen molar-refractivity contribution in [2.24, 2.45) is 0 Å². The Labute approximate surface area is 211 Å². The summed E-state index contributed by atoms with van der Waals surface area (Å²) in [6.45, 7) is 18.3. The average molecular weight is 468 g/mol. The van der Waals surface area contributed by atoms with Crippen LogP contribution in [0, 0.1) is 0 Å². The quantitative estimate of drug-likeness (QED) is 0.269. The number of hydrogen-bond donors (Lipinski definition) is 1. The molecule has 0 aliphatic heterocycles. The molecule has 0 saturated carbocycles. The second kappa shape index (κ2) is 10.2. The van der Waals surface area contributed by atoms with Crippen molar-refractivity contribution in [3.05, 3.63) is 95.2 Å². The van der Waals surface area contributed by atoms with E-state index < -0.39 is 0 Å². The molecule has 1 aromatic heterocycles. The molecule has 3 aromatic carbocycles. The first kappa shape index (κ1) is 24.9. The van der Waals surface area contributed by atoms with Crippen LogP contribution in [0.5, 0.6) is 0 Å². The number of rotatable bonds is 7. The molecule has 3 heteroatoms. The fraction of sp³-hybridized carbons (Fsp3) is 0.375. The van der Waals surface area contributed by atoms with Crippen molar-refractivity contribution in [2.45, 2.75) is 79.1 Å². The molecule has 0 aliphatic carbocycles. The number of para-hydroxylation sites is 2. The standard InChI is InChI=1S/C32H40N3/c1-21(2)26-16-12-17-27(22(3)4)31(26)34-20-30(25-14-10-9-11-15-25)35(33-34)32-28(23(5)6)18-13-19-29(32)24(7)8/h9-24H,1-8H3/q+1/p+1. The molecule has 0 aliphatic rings. The number of hydrogen-bond acceptors (Lipinski definition) is 0. The second-order valence-corrected chi connectivity index (χ2v) is 10.9. The van der Waals surface area contributed by atoms with Crippen LogP contribution >= 0.6 is 0 Å². The Bertz CT molecular complexity index is 1240. The van der Waals surface area contributed by atoms with Gasteiger partial charge in [0.2, 0.25) is 11.4 Å². The summed E-state index contributed by atoms with van der Waals surface area (Å²) >= 11 is 0. The summed E-state index contributed by atoms with van der Waals surface area (Å²) in [6, 6.07) is 24.2. The molecule has 0 radical (unpaired) electrons. The Balaban J connectivity index is 2.10. The van der Waals surface area contributed by atoms with Gasteiger partial charge in [-0.1, -0.05) is 110 Å². The fourth-order valence-electron chi connectivity index (χ4n) is 5.03. The minimum absolute atomic E-state index is 0.408. The monoisotopic (exact) mass is 467 g/mol. The van der Waals surface area contributed by atoms with Gasteiger partial charge in [0.05, 0.1) is 5.56 Å². The Morgan fingerprint density at radius 3 is 1.37 bits per heavy atom. The van der Waals surface area contributed by atoms with Crippen LogP contribution in [0.25, 0.3) is 22.6 Å². The predicted octanol–water partition coefficient (Wildman–Crippen LogP) is 7.73. The summed E-state index contributed by atoms with van der Waals surface area (Å²) in [7, 11) is 0. The Morgan fingerprint density at radius 2 is 0.943 bits per heavy atom. The first-order valence-electron chi connectivity index (χ1n) is 13.1. The lowest BCUT2D eigenvalue weighted by Gasteiger charge is -2.13. The molecule has 4 aromatic rings. The van der Waals surface area contributed by atoms with Crippen LogP contribution < -0.4 is 9.36 Å². The van der Waals surface area contributed by atoms with Crippen LogP contribution in [-0.4, -0.2) is 5.21 Å². The first-order valence-corrected chi connectivity index (χ1v) is 13.1. The molecule has 0 unspecified atom stereocenters. The Kier molecular flexibility index (Phi) is 7.25. The number of nitrogens with zero attached hydrogens (tertiary/aromatic N) is 2. The van der Waals surface area contributed by atoms with E-state index in [2.05, 4.69) is 143 Å². The van der Waals surface area contributed by atoms with E-state index in [9.17, 15) is 0 Å². The third-order valence-electron chi connectivity index (χ3n) is 6.92. The molecule has 0 saturated heterocycles. The van der Waals surface area contributed by atoms with Crippen LogP contribution in [-0.2, 0) is 0 Å². The highest BCUT2D eigenvalue weighted by Gasteiger charge is 2.35. The second-order valence-electron chi connectivity index (χ2n) is 10.9. The highest BCUT2D eigenvalue weighted by molar-refractivity contribution is 5.56. The van der Waals surface area contributed by atoms with E-state index in [4.69, 9.17) is 0 Å². The van der Waals surface area contributed by atoms with Crippen molar-refractivity contribution in [1.29, 1.82) is 0 Å². The van der Waals surface area contributed by atoms with Gasteiger partial charge in [-0.25, -0.2) is 0 Å². The molecule has 1 N–H and O–H groups in total. The normalized spacial score (nSPS) is 11.9. The number of H-pyrrole nitrogens is 1. The SMILES string of the molecule is CC(C)c1cccc(C(C)C)c1-[n+]1cc(-c2ccccc2)[n+](-c2c(C(C)C)cccc2C(C)C)[nH]1. The smallest absolute Gasteiger partial charge is 0.0622 e. The lowest BCUT2D eigenvalue weighted by molar-refractivity contribution is -0.803. The molecule has 3 nitrogen and oxygen atoms in total. The zero-order valence-corrected chi connectivity index (χ0v) is 22.6. The van der Waals surface area contributed by atoms with Crippen LogP contribution in [0.3, 0.4) is 0 Å². The van der Waals surface area contributed by atoms with Crippen LogP contribution in [0.1, 0.15) is 101 Å². The highest BCUT2D eigenvalue weighted by atomic mass is 15.5. The number of aromatic nitrogens is 3. The lowest BCUT2D eigenvalue weighted by Crippen LogP contribution is -2.46. The summed E-state index contributed by atoms with van der Waals surface area (Å²) in [5, 5.41) is 3.83. The van der Waals surface area contributed by atoms with Crippen molar-refractivity contribution in [1.82, 2.24) is 5.21 Å². The minimum Gasteiger partial charge on any atom is -0.0622 e. The van der Waals surface area contributed by atoms with E-state index >= 15 is 0 Å². The summed E-state index contributed by atoms with van der Waals surface area (Å²) in [4.78, 5) is 0. The molecular weight excluding hydrogens is 426 g/mol. The summed E-state index contributed by atoms with van der Waals surface area (Å²) < 4.78 is 4.58. The summed E-state index contributed by atoms with van der Waals surface area (Å²) in [5.74, 6) is 1.65. The third-order valence-corrected chi connectivity index (χ3v) is 6.92. The van der Waals surface area contributed by atoms with Crippen molar-refractivity contribution in [2.75, 3.05) is 0 Å². The number of aromatic amines is 1. The molecule has 0 amide bonds. The molecule has 4 rings (SSSR count). The molecule has 182 valence electrons. The molecule has 0 spiro atoms. The van der Waals surface area contributed by atoms with Crippen LogP contribution in [0.4, 0.5) is 0 Å². The first-order chi connectivity index (χ1) is 16.7. The van der Waals surface area contributed by atoms with E-state index in [1.165, 1.54) is 39.2 Å². The van der Waals surface area contributed by atoms with Crippen molar-refractivity contribution >= 4 is 0 Å². The van der Waals surface area contributed by atoms with E-state index in [0.717, 1.165) is 5.69 Å². The maximum Gasteiger partial charge on any atom is 0.314 e. The maximum absolute atomic E-state index is 3.83. The average Bonchev–Trinajstić information content (AvgIpc) is 3.28. The van der Waals surface area contributed by atoms with Crippen LogP contribution in [0.2, 0.25) is 0 Å². The van der Waals surface area contributed by atoms with Gasteiger partial charge in [-0.3, -0.25) is 0 Å². The van der Waals surface area contributed by atoms with E-state index in [1.54, 1.807) is 0 Å². The molecule has 0 atom stereocenters. The van der Waals surface area contributed by atoms with E-state index in [0.29, 0.717) is 23.7 Å².